The van der Waals surface area contributed by atoms with E-state index >= 15 is 0 Å². The molecule has 2 rings (SSSR count). The summed E-state index contributed by atoms with van der Waals surface area (Å²) in [7, 11) is 0. The van der Waals surface area contributed by atoms with E-state index in [0.29, 0.717) is 17.5 Å². The Bertz CT molecular complexity index is 587. The van der Waals surface area contributed by atoms with Gasteiger partial charge in [-0.2, -0.15) is 18.3 Å². The molecule has 0 saturated carbocycles. The molecule has 0 fully saturated rings. The molecule has 0 spiro atoms. The molecule has 0 N–H and O–H groups in total. The van der Waals surface area contributed by atoms with Crippen molar-refractivity contribution in [1.29, 1.82) is 0 Å². The van der Waals surface area contributed by atoms with Crippen LogP contribution in [0.2, 0.25) is 0 Å². The summed E-state index contributed by atoms with van der Waals surface area (Å²) in [5.74, 6) is 0. The number of benzene rings is 1. The molecule has 1 aromatic heterocycles. The monoisotopic (exact) mass is 254 g/mol. The summed E-state index contributed by atoms with van der Waals surface area (Å²) in [5.41, 5.74) is 0.627. The number of rotatable bonds is 2. The van der Waals surface area contributed by atoms with Crippen LogP contribution < -0.4 is 0 Å². The van der Waals surface area contributed by atoms with E-state index in [1.54, 1.807) is 25.1 Å². The Morgan fingerprint density at radius 1 is 1.33 bits per heavy atom. The van der Waals surface area contributed by atoms with Crippen LogP contribution in [0.3, 0.4) is 0 Å². The number of halogens is 3. The second kappa shape index (κ2) is 4.29. The second-order valence-electron chi connectivity index (χ2n) is 3.85. The maximum absolute atomic E-state index is 12.4. The zero-order valence-electron chi connectivity index (χ0n) is 9.40. The molecule has 1 heterocycles. The molecule has 94 valence electrons. The van der Waals surface area contributed by atoms with E-state index in [1.807, 2.05) is 0 Å². The SMILES string of the molecule is Cc1ccc(-n2cc(C(F)(F)F)cn2)c(C=O)c1. The molecule has 0 atom stereocenters. The van der Waals surface area contributed by atoms with Crippen LogP contribution >= 0.6 is 0 Å². The van der Waals surface area contributed by atoms with Crippen molar-refractivity contribution in [2.75, 3.05) is 0 Å². The Morgan fingerprint density at radius 3 is 2.61 bits per heavy atom. The van der Waals surface area contributed by atoms with E-state index in [1.165, 1.54) is 0 Å². The van der Waals surface area contributed by atoms with E-state index in [9.17, 15) is 18.0 Å². The van der Waals surface area contributed by atoms with Gasteiger partial charge in [-0.15, -0.1) is 0 Å². The Labute approximate surface area is 101 Å². The molecule has 0 unspecified atom stereocenters. The first-order valence-electron chi connectivity index (χ1n) is 5.10. The van der Waals surface area contributed by atoms with Crippen molar-refractivity contribution in [3.63, 3.8) is 0 Å². The minimum atomic E-state index is -4.44. The van der Waals surface area contributed by atoms with Gasteiger partial charge in [0, 0.05) is 11.8 Å². The number of aldehydes is 1. The summed E-state index contributed by atoms with van der Waals surface area (Å²) >= 11 is 0. The lowest BCUT2D eigenvalue weighted by molar-refractivity contribution is -0.137. The molecule has 0 radical (unpaired) electrons. The summed E-state index contributed by atoms with van der Waals surface area (Å²) in [6.45, 7) is 1.79. The number of carbonyl (C=O) groups excluding carboxylic acids is 1. The van der Waals surface area contributed by atoms with Gasteiger partial charge >= 0.3 is 6.18 Å². The highest BCUT2D eigenvalue weighted by molar-refractivity contribution is 5.81. The molecule has 0 aliphatic carbocycles. The first kappa shape index (κ1) is 12.3. The van der Waals surface area contributed by atoms with Crippen LogP contribution in [-0.4, -0.2) is 16.1 Å². The predicted molar refractivity (Wildman–Crippen MR) is 58.7 cm³/mol. The summed E-state index contributed by atoms with van der Waals surface area (Å²) in [6.07, 6.45) is -2.26. The Morgan fingerprint density at radius 2 is 2.06 bits per heavy atom. The third-order valence-corrected chi connectivity index (χ3v) is 2.47. The fourth-order valence-electron chi connectivity index (χ4n) is 1.58. The van der Waals surface area contributed by atoms with Gasteiger partial charge in [0.1, 0.15) is 0 Å². The number of alkyl halides is 3. The lowest BCUT2D eigenvalue weighted by atomic mass is 10.1. The van der Waals surface area contributed by atoms with Gasteiger partial charge in [-0.05, 0) is 19.1 Å². The van der Waals surface area contributed by atoms with Gasteiger partial charge in [-0.25, -0.2) is 4.68 Å². The van der Waals surface area contributed by atoms with Crippen molar-refractivity contribution in [3.05, 3.63) is 47.3 Å². The molecular weight excluding hydrogens is 245 g/mol. The molecule has 6 heteroatoms. The van der Waals surface area contributed by atoms with Gasteiger partial charge in [0.05, 0.1) is 17.4 Å². The summed E-state index contributed by atoms with van der Waals surface area (Å²) in [6, 6.07) is 4.86. The van der Waals surface area contributed by atoms with Crippen molar-refractivity contribution < 1.29 is 18.0 Å². The molecule has 3 nitrogen and oxygen atoms in total. The van der Waals surface area contributed by atoms with Gasteiger partial charge in [0.25, 0.3) is 0 Å². The minimum Gasteiger partial charge on any atom is -0.298 e. The topological polar surface area (TPSA) is 34.9 Å². The number of hydrogen-bond acceptors (Lipinski definition) is 2. The first-order chi connectivity index (χ1) is 8.41. The molecule has 1 aromatic carbocycles. The highest BCUT2D eigenvalue weighted by Gasteiger charge is 2.32. The number of nitrogens with zero attached hydrogens (tertiary/aromatic N) is 2. The number of aromatic nitrogens is 2. The molecule has 18 heavy (non-hydrogen) atoms. The largest absolute Gasteiger partial charge is 0.419 e. The number of carbonyl (C=O) groups is 1. The van der Waals surface area contributed by atoms with Gasteiger partial charge in [-0.3, -0.25) is 4.79 Å². The number of hydrogen-bond donors (Lipinski definition) is 0. The molecule has 0 aliphatic rings. The van der Waals surface area contributed by atoms with Crippen LogP contribution in [0.1, 0.15) is 21.5 Å². The average molecular weight is 254 g/mol. The fourth-order valence-corrected chi connectivity index (χ4v) is 1.58. The quantitative estimate of drug-likeness (QED) is 0.772. The van der Waals surface area contributed by atoms with Gasteiger partial charge < -0.3 is 0 Å². The van der Waals surface area contributed by atoms with Crippen LogP contribution in [0.15, 0.2) is 30.6 Å². The summed E-state index contributed by atoms with van der Waals surface area (Å²) in [5, 5.41) is 3.63. The molecular formula is C12H9F3N2O. The molecule has 0 saturated heterocycles. The van der Waals surface area contributed by atoms with E-state index in [2.05, 4.69) is 5.10 Å². The van der Waals surface area contributed by atoms with E-state index in [0.717, 1.165) is 22.6 Å². The third kappa shape index (κ3) is 2.27. The highest BCUT2D eigenvalue weighted by Crippen LogP contribution is 2.29. The highest BCUT2D eigenvalue weighted by atomic mass is 19.4. The Balaban J connectivity index is 2.49. The zero-order valence-corrected chi connectivity index (χ0v) is 9.40. The van der Waals surface area contributed by atoms with Crippen LogP contribution in [0.4, 0.5) is 13.2 Å². The third-order valence-electron chi connectivity index (χ3n) is 2.47. The normalized spacial score (nSPS) is 11.6. The summed E-state index contributed by atoms with van der Waals surface area (Å²) < 4.78 is 38.4. The average Bonchev–Trinajstić information content (AvgIpc) is 2.77. The molecule has 2 aromatic rings. The maximum Gasteiger partial charge on any atom is 0.419 e. The van der Waals surface area contributed by atoms with Crippen LogP contribution in [0.5, 0.6) is 0 Å². The van der Waals surface area contributed by atoms with Crippen molar-refractivity contribution in [2.45, 2.75) is 13.1 Å². The van der Waals surface area contributed by atoms with E-state index in [-0.39, 0.29) is 0 Å². The maximum atomic E-state index is 12.4. The Kier molecular flexibility index (Phi) is 2.94. The van der Waals surface area contributed by atoms with Crippen LogP contribution in [0, 0.1) is 6.92 Å². The Hall–Kier alpha value is -2.11. The van der Waals surface area contributed by atoms with Crippen LogP contribution in [-0.2, 0) is 6.18 Å². The van der Waals surface area contributed by atoms with Crippen molar-refractivity contribution in [2.24, 2.45) is 0 Å². The van der Waals surface area contributed by atoms with Crippen LogP contribution in [0.25, 0.3) is 5.69 Å². The predicted octanol–water partition coefficient (Wildman–Crippen LogP) is 3.01. The van der Waals surface area contributed by atoms with E-state index in [4.69, 9.17) is 0 Å². The molecule has 0 amide bonds. The minimum absolute atomic E-state index is 0.298. The second-order valence-corrected chi connectivity index (χ2v) is 3.85. The van der Waals surface area contributed by atoms with Crippen molar-refractivity contribution in [1.82, 2.24) is 9.78 Å². The van der Waals surface area contributed by atoms with Gasteiger partial charge in [-0.1, -0.05) is 11.6 Å². The lowest BCUT2D eigenvalue weighted by Crippen LogP contribution is -2.03. The van der Waals surface area contributed by atoms with E-state index < -0.39 is 11.7 Å². The first-order valence-corrected chi connectivity index (χ1v) is 5.10. The van der Waals surface area contributed by atoms with Gasteiger partial charge in [0.15, 0.2) is 6.29 Å². The summed E-state index contributed by atoms with van der Waals surface area (Å²) in [4.78, 5) is 10.9. The smallest absolute Gasteiger partial charge is 0.298 e. The zero-order chi connectivity index (χ0) is 13.3. The molecule has 0 aliphatic heterocycles. The van der Waals surface area contributed by atoms with Gasteiger partial charge in [0.2, 0.25) is 0 Å². The van der Waals surface area contributed by atoms with Crippen molar-refractivity contribution >= 4 is 6.29 Å². The standard InChI is InChI=1S/C12H9F3N2O/c1-8-2-3-11(9(4-8)7-18)17-6-10(5-16-17)12(13,14)15/h2-7H,1H3. The molecule has 0 bridgehead atoms. The number of aryl methyl sites for hydroxylation is 1. The lowest BCUT2D eigenvalue weighted by Gasteiger charge is -2.06. The van der Waals surface area contributed by atoms with Crippen molar-refractivity contribution in [3.8, 4) is 5.69 Å². The fraction of sp³-hybridized carbons (Fsp3) is 0.167.